The monoisotopic (exact) mass is 536 g/mol. The topological polar surface area (TPSA) is 105 Å². The average molecular weight is 537 g/mol. The van der Waals surface area contributed by atoms with Gasteiger partial charge in [-0.1, -0.05) is 23.8 Å². The Labute approximate surface area is 217 Å². The number of nitrogens with one attached hydrogen (secondary N) is 2. The summed E-state index contributed by atoms with van der Waals surface area (Å²) in [6.07, 6.45) is 3.19. The number of carbonyl (C=O) groups is 1. The van der Waals surface area contributed by atoms with Crippen molar-refractivity contribution >= 4 is 35.0 Å². The molecule has 0 unspecified atom stereocenters. The number of benzene rings is 1. The zero-order valence-corrected chi connectivity index (χ0v) is 20.9. The number of primary amides is 1. The number of amides is 1. The molecule has 0 radical (unpaired) electrons. The van der Waals surface area contributed by atoms with Crippen LogP contribution in [0, 0.1) is 17.8 Å². The smallest absolute Gasteiger partial charge is 0.401 e. The molecule has 5 rings (SSSR count). The summed E-state index contributed by atoms with van der Waals surface area (Å²) in [5, 5.41) is 6.77. The maximum atomic E-state index is 12.9. The van der Waals surface area contributed by atoms with Crippen LogP contribution in [0.1, 0.15) is 17.5 Å². The van der Waals surface area contributed by atoms with Gasteiger partial charge in [-0.2, -0.15) is 18.2 Å². The lowest BCUT2D eigenvalue weighted by Gasteiger charge is -2.27. The van der Waals surface area contributed by atoms with Gasteiger partial charge < -0.3 is 21.1 Å². The molecule has 12 heteroatoms. The average Bonchev–Trinajstić information content (AvgIpc) is 3.39. The summed E-state index contributed by atoms with van der Waals surface area (Å²) in [7, 11) is 1.53. The summed E-state index contributed by atoms with van der Waals surface area (Å²) < 4.78 is 44.2. The number of carbonyl (C=O) groups excluding carboxylic acids is 1. The van der Waals surface area contributed by atoms with Crippen molar-refractivity contribution in [2.24, 2.45) is 23.5 Å². The first-order chi connectivity index (χ1) is 17.6. The van der Waals surface area contributed by atoms with E-state index in [-0.39, 0.29) is 35.7 Å². The summed E-state index contributed by atoms with van der Waals surface area (Å²) >= 11 is 6.38. The van der Waals surface area contributed by atoms with E-state index in [1.165, 1.54) is 18.2 Å². The molecule has 1 fully saturated rings. The Morgan fingerprint density at radius 3 is 2.59 bits per heavy atom. The normalized spacial score (nSPS) is 25.0. The minimum atomic E-state index is -4.23. The summed E-state index contributed by atoms with van der Waals surface area (Å²) in [6, 6.07) is 3.51. The van der Waals surface area contributed by atoms with Gasteiger partial charge in [0.05, 0.1) is 31.5 Å². The number of halogens is 4. The number of nitrogens with two attached hydrogens (primary N) is 1. The van der Waals surface area contributed by atoms with E-state index in [4.69, 9.17) is 22.1 Å². The maximum absolute atomic E-state index is 12.9. The number of hydrogen-bond acceptors (Lipinski definition) is 7. The molecule has 4 N–H and O–H groups in total. The van der Waals surface area contributed by atoms with Crippen molar-refractivity contribution < 1.29 is 22.7 Å². The molecule has 4 atom stereocenters. The molecular weight excluding hydrogens is 509 g/mol. The molecular formula is C25H28ClF3N6O2. The summed E-state index contributed by atoms with van der Waals surface area (Å²) in [5.74, 6) is 0.726. The maximum Gasteiger partial charge on any atom is 0.401 e. The second-order valence-electron chi connectivity index (χ2n) is 9.77. The fourth-order valence-corrected chi connectivity index (χ4v) is 5.84. The molecule has 2 aliphatic carbocycles. The quantitative estimate of drug-likeness (QED) is 0.460. The van der Waals surface area contributed by atoms with Gasteiger partial charge in [0.25, 0.3) is 0 Å². The number of aromatic nitrogens is 2. The fourth-order valence-electron chi connectivity index (χ4n) is 5.69. The van der Waals surface area contributed by atoms with Gasteiger partial charge in [-0.15, -0.1) is 0 Å². The molecule has 1 saturated carbocycles. The highest BCUT2D eigenvalue weighted by Gasteiger charge is 2.47. The first-order valence-corrected chi connectivity index (χ1v) is 12.5. The molecule has 1 aromatic heterocycles. The van der Waals surface area contributed by atoms with Crippen LogP contribution in [0.4, 0.5) is 30.6 Å². The van der Waals surface area contributed by atoms with E-state index in [2.05, 4.69) is 26.7 Å². The van der Waals surface area contributed by atoms with Crippen molar-refractivity contribution in [3.63, 3.8) is 0 Å². The Balaban J connectivity index is 1.35. The molecule has 1 aliphatic heterocycles. The molecule has 1 aromatic carbocycles. The third-order valence-corrected chi connectivity index (χ3v) is 7.68. The van der Waals surface area contributed by atoms with E-state index >= 15 is 0 Å². The van der Waals surface area contributed by atoms with Crippen LogP contribution < -0.4 is 21.1 Å². The third-order valence-electron chi connectivity index (χ3n) is 7.40. The SMILES string of the molecule is COc1cc2c(cc1Nc1ncc(Cl)c(N[C@@H]3[C@H](C(N)=O)[C@H]4C=C[C@@H]3C4)n1)CCN(CC(F)(F)F)CC2. The van der Waals surface area contributed by atoms with Crippen molar-refractivity contribution in [3.8, 4) is 5.75 Å². The highest BCUT2D eigenvalue weighted by atomic mass is 35.5. The molecule has 2 bridgehead atoms. The predicted octanol–water partition coefficient (Wildman–Crippen LogP) is 3.93. The first kappa shape index (κ1) is 25.6. The Bertz CT molecular complexity index is 1220. The van der Waals surface area contributed by atoms with E-state index in [1.807, 2.05) is 18.2 Å². The number of rotatable bonds is 7. The van der Waals surface area contributed by atoms with Crippen molar-refractivity contribution in [1.82, 2.24) is 14.9 Å². The van der Waals surface area contributed by atoms with Gasteiger partial charge in [-0.25, -0.2) is 4.98 Å². The second-order valence-corrected chi connectivity index (χ2v) is 10.2. The molecule has 0 saturated heterocycles. The standard InChI is InChI=1S/C25H28ClF3N6O2/c1-37-19-10-14-5-7-35(12-25(27,28)29)6-4-13(14)9-18(19)32-24-31-11-17(26)23(34-24)33-21-16-3-2-15(8-16)20(21)22(30)36/h2-3,9-11,15-16,20-21H,4-8,12H2,1H3,(H2,30,36)(H2,31,32,33,34)/t15-,16+,20+,21-/m0/s1. The van der Waals surface area contributed by atoms with Crippen LogP contribution in [0.5, 0.6) is 5.75 Å². The minimum absolute atomic E-state index is 0.106. The van der Waals surface area contributed by atoms with E-state index in [1.54, 1.807) is 0 Å². The molecule has 2 heterocycles. The van der Waals surface area contributed by atoms with Crippen LogP contribution in [0.2, 0.25) is 5.02 Å². The zero-order chi connectivity index (χ0) is 26.3. The summed E-state index contributed by atoms with van der Waals surface area (Å²) in [6.45, 7) is -0.294. The Morgan fingerprint density at radius 2 is 1.92 bits per heavy atom. The lowest BCUT2D eigenvalue weighted by atomic mass is 9.88. The van der Waals surface area contributed by atoms with Crippen molar-refractivity contribution in [2.75, 3.05) is 37.4 Å². The van der Waals surface area contributed by atoms with Crippen LogP contribution in [-0.2, 0) is 17.6 Å². The number of hydrogen-bond donors (Lipinski definition) is 3. The fraction of sp³-hybridized carbons (Fsp3) is 0.480. The molecule has 8 nitrogen and oxygen atoms in total. The number of anilines is 3. The lowest BCUT2D eigenvalue weighted by Crippen LogP contribution is -2.41. The zero-order valence-electron chi connectivity index (χ0n) is 20.2. The molecule has 37 heavy (non-hydrogen) atoms. The number of alkyl halides is 3. The van der Waals surface area contributed by atoms with Crippen molar-refractivity contribution in [3.05, 3.63) is 46.6 Å². The van der Waals surface area contributed by atoms with E-state index in [0.29, 0.717) is 48.2 Å². The lowest BCUT2D eigenvalue weighted by molar-refractivity contribution is -0.145. The first-order valence-electron chi connectivity index (χ1n) is 12.1. The highest BCUT2D eigenvalue weighted by Crippen LogP contribution is 2.45. The van der Waals surface area contributed by atoms with Gasteiger partial charge in [-0.05, 0) is 54.4 Å². The second kappa shape index (κ2) is 10.0. The third kappa shape index (κ3) is 5.47. The van der Waals surface area contributed by atoms with Gasteiger partial charge in [0.1, 0.15) is 10.8 Å². The highest BCUT2D eigenvalue weighted by molar-refractivity contribution is 6.32. The number of allylic oxidation sites excluding steroid dienone is 1. The molecule has 2 aromatic rings. The van der Waals surface area contributed by atoms with Gasteiger partial charge in [-0.3, -0.25) is 9.69 Å². The summed E-state index contributed by atoms with van der Waals surface area (Å²) in [5.41, 5.74) is 8.16. The Kier molecular flexibility index (Phi) is 6.93. The summed E-state index contributed by atoms with van der Waals surface area (Å²) in [4.78, 5) is 22.3. The van der Waals surface area contributed by atoms with Crippen LogP contribution in [0.3, 0.4) is 0 Å². The number of fused-ring (bicyclic) bond motifs is 3. The van der Waals surface area contributed by atoms with Gasteiger partial charge >= 0.3 is 6.18 Å². The minimum Gasteiger partial charge on any atom is -0.495 e. The van der Waals surface area contributed by atoms with Crippen LogP contribution in [0.15, 0.2) is 30.5 Å². The largest absolute Gasteiger partial charge is 0.495 e. The van der Waals surface area contributed by atoms with Crippen LogP contribution in [0.25, 0.3) is 0 Å². The molecule has 3 aliphatic rings. The van der Waals surface area contributed by atoms with Crippen molar-refractivity contribution in [1.29, 1.82) is 0 Å². The van der Waals surface area contributed by atoms with E-state index in [9.17, 15) is 18.0 Å². The predicted molar refractivity (Wildman–Crippen MR) is 134 cm³/mol. The van der Waals surface area contributed by atoms with E-state index in [0.717, 1.165) is 17.5 Å². The van der Waals surface area contributed by atoms with Gasteiger partial charge in [0.2, 0.25) is 11.9 Å². The van der Waals surface area contributed by atoms with E-state index < -0.39 is 12.7 Å². The van der Waals surface area contributed by atoms with Gasteiger partial charge in [0, 0.05) is 19.1 Å². The molecule has 1 amide bonds. The number of ether oxygens (including phenoxy) is 1. The molecule has 0 spiro atoms. The molecule has 198 valence electrons. The van der Waals surface area contributed by atoms with Gasteiger partial charge in [0.15, 0.2) is 5.82 Å². The number of methoxy groups -OCH3 is 1. The van der Waals surface area contributed by atoms with Crippen LogP contribution in [-0.4, -0.2) is 59.7 Å². The Morgan fingerprint density at radius 1 is 1.22 bits per heavy atom. The Hall–Kier alpha value is -3.05. The van der Waals surface area contributed by atoms with Crippen LogP contribution >= 0.6 is 11.6 Å². The number of nitrogens with zero attached hydrogens (tertiary/aromatic N) is 3. The van der Waals surface area contributed by atoms with Crippen molar-refractivity contribution in [2.45, 2.75) is 31.5 Å².